The number of rotatable bonds is 3. The van der Waals surface area contributed by atoms with Gasteiger partial charge in [-0.05, 0) is 37.7 Å². The number of ketones is 1. The maximum Gasteiger partial charge on any atom is 0.138 e. The fraction of sp³-hybridized carbons (Fsp3) is 0.667. The molecule has 0 N–H and O–H groups in total. The first-order valence-corrected chi connectivity index (χ1v) is 5.86. The summed E-state index contributed by atoms with van der Waals surface area (Å²) in [4.78, 5) is 11.9. The molecule has 0 aromatic carbocycles. The Hall–Kier alpha value is -1.12. The van der Waals surface area contributed by atoms with Gasteiger partial charge in [0, 0.05) is 24.2 Å². The lowest BCUT2D eigenvalue weighted by molar-refractivity contribution is -0.124. The minimum atomic E-state index is 0.234. The summed E-state index contributed by atoms with van der Waals surface area (Å²) in [7, 11) is 0. The monoisotopic (exact) mass is 204 g/mol. The van der Waals surface area contributed by atoms with Crippen molar-refractivity contribution in [3.63, 3.8) is 0 Å². The minimum absolute atomic E-state index is 0.234. The smallest absolute Gasteiger partial charge is 0.138 e. The van der Waals surface area contributed by atoms with Gasteiger partial charge in [0.15, 0.2) is 0 Å². The van der Waals surface area contributed by atoms with Crippen LogP contribution in [0.3, 0.4) is 0 Å². The number of hydrogen-bond donors (Lipinski definition) is 0. The Morgan fingerprint density at radius 1 is 1.47 bits per heavy atom. The zero-order chi connectivity index (χ0) is 10.3. The van der Waals surface area contributed by atoms with Gasteiger partial charge < -0.3 is 0 Å². The van der Waals surface area contributed by atoms with Crippen LogP contribution >= 0.6 is 0 Å². The van der Waals surface area contributed by atoms with E-state index in [2.05, 4.69) is 11.2 Å². The molecule has 2 heterocycles. The predicted molar refractivity (Wildman–Crippen MR) is 56.4 cm³/mol. The van der Waals surface area contributed by atoms with Crippen molar-refractivity contribution < 1.29 is 4.79 Å². The predicted octanol–water partition coefficient (Wildman–Crippen LogP) is 1.81. The fourth-order valence-corrected chi connectivity index (χ4v) is 2.39. The van der Waals surface area contributed by atoms with E-state index < -0.39 is 0 Å². The highest BCUT2D eigenvalue weighted by Gasteiger charge is 2.30. The van der Waals surface area contributed by atoms with Crippen molar-refractivity contribution in [2.45, 2.75) is 38.6 Å². The second kappa shape index (κ2) is 3.47. The normalized spacial score (nSPS) is 24.9. The van der Waals surface area contributed by atoms with Crippen LogP contribution in [0.5, 0.6) is 0 Å². The Balaban J connectivity index is 1.66. The number of aryl methyl sites for hydroxylation is 1. The maximum absolute atomic E-state index is 11.9. The van der Waals surface area contributed by atoms with Gasteiger partial charge in [0.25, 0.3) is 0 Å². The Morgan fingerprint density at radius 3 is 3.13 bits per heavy atom. The molecular formula is C12H16N2O. The summed E-state index contributed by atoms with van der Waals surface area (Å²) in [5, 5.41) is 4.25. The second-order valence-corrected chi connectivity index (χ2v) is 4.85. The fourth-order valence-electron chi connectivity index (χ4n) is 2.39. The van der Waals surface area contributed by atoms with Crippen molar-refractivity contribution >= 4 is 5.78 Å². The number of aromatic nitrogens is 2. The van der Waals surface area contributed by atoms with Gasteiger partial charge in [-0.25, -0.2) is 0 Å². The second-order valence-electron chi connectivity index (χ2n) is 4.85. The minimum Gasteiger partial charge on any atom is -0.299 e. The van der Waals surface area contributed by atoms with Crippen LogP contribution in [0.2, 0.25) is 0 Å². The molecule has 0 radical (unpaired) electrons. The SMILES string of the molecule is O=C(CC1CC1)C1CCc2ccnn2C1. The van der Waals surface area contributed by atoms with E-state index in [9.17, 15) is 4.79 Å². The van der Waals surface area contributed by atoms with E-state index in [1.165, 1.54) is 18.5 Å². The summed E-state index contributed by atoms with van der Waals surface area (Å²) in [6.45, 7) is 0.813. The lowest BCUT2D eigenvalue weighted by atomic mass is 9.91. The first-order valence-electron chi connectivity index (χ1n) is 5.86. The van der Waals surface area contributed by atoms with Gasteiger partial charge in [-0.15, -0.1) is 0 Å². The van der Waals surface area contributed by atoms with Crippen molar-refractivity contribution in [1.29, 1.82) is 0 Å². The topological polar surface area (TPSA) is 34.9 Å². The molecule has 3 heteroatoms. The number of nitrogens with zero attached hydrogens (tertiary/aromatic N) is 2. The molecule has 2 aliphatic rings. The molecule has 0 amide bonds. The van der Waals surface area contributed by atoms with Crippen molar-refractivity contribution in [3.05, 3.63) is 18.0 Å². The Bertz CT molecular complexity index is 379. The number of fused-ring (bicyclic) bond motifs is 1. The highest BCUT2D eigenvalue weighted by molar-refractivity contribution is 5.81. The molecule has 3 nitrogen and oxygen atoms in total. The summed E-state index contributed by atoms with van der Waals surface area (Å²) in [6, 6.07) is 2.06. The summed E-state index contributed by atoms with van der Waals surface area (Å²) < 4.78 is 2.00. The molecule has 15 heavy (non-hydrogen) atoms. The summed E-state index contributed by atoms with van der Waals surface area (Å²) in [6.07, 6.45) is 7.24. The number of hydrogen-bond acceptors (Lipinski definition) is 2. The largest absolute Gasteiger partial charge is 0.299 e. The molecule has 1 atom stereocenters. The zero-order valence-electron chi connectivity index (χ0n) is 8.85. The number of carbonyl (C=O) groups excluding carboxylic acids is 1. The van der Waals surface area contributed by atoms with Crippen LogP contribution in [0, 0.1) is 11.8 Å². The third kappa shape index (κ3) is 1.83. The average molecular weight is 204 g/mol. The van der Waals surface area contributed by atoms with Crippen LogP contribution in [0.15, 0.2) is 12.3 Å². The van der Waals surface area contributed by atoms with Gasteiger partial charge in [0.2, 0.25) is 0 Å². The van der Waals surface area contributed by atoms with Crippen LogP contribution in [0.1, 0.15) is 31.4 Å². The lowest BCUT2D eigenvalue weighted by Gasteiger charge is -2.22. The van der Waals surface area contributed by atoms with Crippen molar-refractivity contribution in [2.75, 3.05) is 0 Å². The average Bonchev–Trinajstić information content (AvgIpc) is 2.94. The molecule has 0 bridgehead atoms. The van der Waals surface area contributed by atoms with Gasteiger partial charge in [0.05, 0.1) is 6.54 Å². The van der Waals surface area contributed by atoms with Gasteiger partial charge in [-0.2, -0.15) is 5.10 Å². The first kappa shape index (κ1) is 9.13. The molecule has 3 rings (SSSR count). The highest BCUT2D eigenvalue weighted by atomic mass is 16.1. The van der Waals surface area contributed by atoms with Crippen molar-refractivity contribution in [1.82, 2.24) is 9.78 Å². The molecule has 0 spiro atoms. The molecule has 1 fully saturated rings. The Morgan fingerprint density at radius 2 is 2.33 bits per heavy atom. The van der Waals surface area contributed by atoms with Crippen molar-refractivity contribution in [2.24, 2.45) is 11.8 Å². The molecule has 1 aromatic heterocycles. The van der Waals surface area contributed by atoms with Crippen LogP contribution in [-0.4, -0.2) is 15.6 Å². The third-order valence-corrected chi connectivity index (χ3v) is 3.59. The molecule has 0 saturated heterocycles. The molecule has 1 unspecified atom stereocenters. The number of Topliss-reactive ketones (excluding diaryl/α,β-unsaturated/α-hetero) is 1. The van der Waals surface area contributed by atoms with E-state index >= 15 is 0 Å². The molecule has 1 aromatic rings. The van der Waals surface area contributed by atoms with Gasteiger partial charge >= 0.3 is 0 Å². The Labute approximate surface area is 89.5 Å². The van der Waals surface area contributed by atoms with Crippen LogP contribution in [0.4, 0.5) is 0 Å². The first-order chi connectivity index (χ1) is 7.33. The maximum atomic E-state index is 11.9. The summed E-state index contributed by atoms with van der Waals surface area (Å²) in [5.41, 5.74) is 1.28. The van der Waals surface area contributed by atoms with E-state index in [1.54, 1.807) is 0 Å². The Kier molecular flexibility index (Phi) is 2.11. The third-order valence-electron chi connectivity index (χ3n) is 3.59. The van der Waals surface area contributed by atoms with Gasteiger partial charge in [-0.3, -0.25) is 9.48 Å². The highest BCUT2D eigenvalue weighted by Crippen LogP contribution is 2.34. The van der Waals surface area contributed by atoms with Gasteiger partial charge in [-0.1, -0.05) is 0 Å². The van der Waals surface area contributed by atoms with Crippen LogP contribution in [-0.2, 0) is 17.8 Å². The number of carbonyl (C=O) groups is 1. The van der Waals surface area contributed by atoms with Crippen LogP contribution < -0.4 is 0 Å². The van der Waals surface area contributed by atoms with E-state index in [1.807, 2.05) is 10.9 Å². The van der Waals surface area contributed by atoms with E-state index in [-0.39, 0.29) is 5.92 Å². The zero-order valence-corrected chi connectivity index (χ0v) is 8.85. The molecule has 1 aliphatic heterocycles. The summed E-state index contributed by atoms with van der Waals surface area (Å²) >= 11 is 0. The van der Waals surface area contributed by atoms with Crippen molar-refractivity contribution in [3.8, 4) is 0 Å². The lowest BCUT2D eigenvalue weighted by Crippen LogP contribution is -2.27. The standard InChI is InChI=1S/C12H16N2O/c15-12(7-9-1-2-9)10-3-4-11-5-6-13-14(11)8-10/h5-6,9-10H,1-4,7-8H2. The molecule has 1 saturated carbocycles. The van der Waals surface area contributed by atoms with E-state index in [0.29, 0.717) is 5.78 Å². The van der Waals surface area contributed by atoms with Gasteiger partial charge in [0.1, 0.15) is 5.78 Å². The molecular weight excluding hydrogens is 188 g/mol. The summed E-state index contributed by atoms with van der Waals surface area (Å²) in [5.74, 6) is 1.42. The quantitative estimate of drug-likeness (QED) is 0.752. The molecule has 80 valence electrons. The van der Waals surface area contributed by atoms with Crippen LogP contribution in [0.25, 0.3) is 0 Å². The van der Waals surface area contributed by atoms with E-state index in [0.717, 1.165) is 31.7 Å². The van der Waals surface area contributed by atoms with E-state index in [4.69, 9.17) is 0 Å². The molecule has 1 aliphatic carbocycles.